The number of imidazole rings is 1. The highest BCUT2D eigenvalue weighted by atomic mass is 32.2. The minimum Gasteiger partial charge on any atom is -0.347 e. The first-order valence-electron chi connectivity index (χ1n) is 6.22. The Bertz CT molecular complexity index is 693. The third kappa shape index (κ3) is 3.06. The number of rotatable bonds is 5. The third-order valence-electron chi connectivity index (χ3n) is 3.19. The number of benzene rings is 1. The number of nitrogens with zero attached hydrogens (tertiary/aromatic N) is 1. The van der Waals surface area contributed by atoms with Crippen molar-refractivity contribution >= 4 is 10.0 Å². The molecule has 2 rings (SSSR count). The van der Waals surface area contributed by atoms with E-state index in [1.54, 1.807) is 25.4 Å². The molecule has 0 amide bonds. The molecule has 0 atom stereocenters. The summed E-state index contributed by atoms with van der Waals surface area (Å²) < 4.78 is 27.3. The molecular formula is C13H18N4O2S. The van der Waals surface area contributed by atoms with Crippen molar-refractivity contribution in [1.82, 2.24) is 14.7 Å². The number of sulfonamides is 1. The lowest BCUT2D eigenvalue weighted by Crippen LogP contribution is -2.25. The molecular weight excluding hydrogens is 276 g/mol. The van der Waals surface area contributed by atoms with Crippen LogP contribution in [0.2, 0.25) is 0 Å². The molecule has 0 aliphatic heterocycles. The average Bonchev–Trinajstić information content (AvgIpc) is 2.92. The smallest absolute Gasteiger partial charge is 0.241 e. The molecule has 108 valence electrons. The van der Waals surface area contributed by atoms with Crippen molar-refractivity contribution < 1.29 is 8.42 Å². The summed E-state index contributed by atoms with van der Waals surface area (Å²) in [5.41, 5.74) is 8.04. The number of aromatic amines is 1. The Kier molecular flexibility index (Phi) is 4.22. The zero-order valence-corrected chi connectivity index (χ0v) is 12.3. The van der Waals surface area contributed by atoms with Crippen molar-refractivity contribution in [3.63, 3.8) is 0 Å². The highest BCUT2D eigenvalue weighted by Crippen LogP contribution is 2.21. The van der Waals surface area contributed by atoms with E-state index in [-0.39, 0.29) is 11.4 Å². The van der Waals surface area contributed by atoms with E-state index in [9.17, 15) is 8.42 Å². The lowest BCUT2D eigenvalue weighted by Gasteiger charge is -2.12. The van der Waals surface area contributed by atoms with Crippen LogP contribution in [0, 0.1) is 13.8 Å². The fraction of sp³-hybridized carbons (Fsp3) is 0.308. The van der Waals surface area contributed by atoms with Crippen molar-refractivity contribution in [2.24, 2.45) is 5.73 Å². The minimum absolute atomic E-state index is 0.126. The fourth-order valence-corrected chi connectivity index (χ4v) is 3.28. The van der Waals surface area contributed by atoms with Crippen LogP contribution in [0.3, 0.4) is 0 Å². The first kappa shape index (κ1) is 14.7. The molecule has 4 N–H and O–H groups in total. The van der Waals surface area contributed by atoms with Gasteiger partial charge in [-0.15, -0.1) is 0 Å². The molecule has 0 aliphatic rings. The summed E-state index contributed by atoms with van der Waals surface area (Å²) in [6.45, 7) is 4.10. The average molecular weight is 294 g/mol. The number of hydrogen-bond acceptors (Lipinski definition) is 4. The van der Waals surface area contributed by atoms with Gasteiger partial charge in [0.15, 0.2) is 0 Å². The Morgan fingerprint density at radius 1 is 1.35 bits per heavy atom. The van der Waals surface area contributed by atoms with E-state index >= 15 is 0 Å². The normalized spacial score (nSPS) is 11.8. The molecule has 0 bridgehead atoms. The second-order valence-corrected chi connectivity index (χ2v) is 6.34. The van der Waals surface area contributed by atoms with Crippen molar-refractivity contribution in [2.75, 3.05) is 0 Å². The fourth-order valence-electron chi connectivity index (χ4n) is 1.93. The van der Waals surface area contributed by atoms with Crippen LogP contribution in [-0.2, 0) is 23.1 Å². The molecule has 0 spiro atoms. The van der Waals surface area contributed by atoms with Crippen LogP contribution >= 0.6 is 0 Å². The number of nitrogens with two attached hydrogens (primary N) is 1. The van der Waals surface area contributed by atoms with Gasteiger partial charge in [0.1, 0.15) is 5.82 Å². The van der Waals surface area contributed by atoms with Crippen molar-refractivity contribution in [1.29, 1.82) is 0 Å². The van der Waals surface area contributed by atoms with E-state index in [1.165, 1.54) is 0 Å². The molecule has 0 aliphatic carbocycles. The van der Waals surface area contributed by atoms with Crippen LogP contribution in [0.25, 0.3) is 0 Å². The first-order valence-corrected chi connectivity index (χ1v) is 7.70. The van der Waals surface area contributed by atoms with Crippen molar-refractivity contribution in [3.05, 3.63) is 47.0 Å². The Morgan fingerprint density at radius 3 is 2.70 bits per heavy atom. The van der Waals surface area contributed by atoms with Gasteiger partial charge >= 0.3 is 0 Å². The van der Waals surface area contributed by atoms with E-state index in [2.05, 4.69) is 14.7 Å². The predicted molar refractivity (Wildman–Crippen MR) is 76.4 cm³/mol. The molecule has 1 aromatic carbocycles. The summed E-state index contributed by atoms with van der Waals surface area (Å²) >= 11 is 0. The topological polar surface area (TPSA) is 101 Å². The second-order valence-electron chi connectivity index (χ2n) is 4.60. The monoisotopic (exact) mass is 294 g/mol. The molecule has 0 saturated heterocycles. The predicted octanol–water partition coefficient (Wildman–Crippen LogP) is 0.964. The summed E-state index contributed by atoms with van der Waals surface area (Å²) in [6.07, 6.45) is 3.22. The summed E-state index contributed by atoms with van der Waals surface area (Å²) in [5, 5.41) is 0. The Morgan fingerprint density at radius 2 is 2.10 bits per heavy atom. The molecule has 7 heteroatoms. The Labute approximate surface area is 118 Å². The zero-order valence-electron chi connectivity index (χ0n) is 11.5. The molecule has 6 nitrogen and oxygen atoms in total. The minimum atomic E-state index is -3.59. The maximum Gasteiger partial charge on any atom is 0.241 e. The van der Waals surface area contributed by atoms with Gasteiger partial charge in [-0.2, -0.15) is 0 Å². The second kappa shape index (κ2) is 5.74. The number of hydrogen-bond donors (Lipinski definition) is 3. The van der Waals surface area contributed by atoms with Crippen LogP contribution in [0.1, 0.15) is 22.5 Å². The van der Waals surface area contributed by atoms with Gasteiger partial charge in [0.05, 0.1) is 11.4 Å². The first-order chi connectivity index (χ1) is 9.44. The Hall–Kier alpha value is -1.70. The van der Waals surface area contributed by atoms with Gasteiger partial charge in [0.2, 0.25) is 10.0 Å². The molecule has 0 unspecified atom stereocenters. The molecule has 1 aromatic heterocycles. The standard InChI is InChI=1S/C13H18N4O2S/c1-9-5-11(7-14)6-12(10(9)2)20(18,19)17-8-13-15-3-4-16-13/h3-6,17H,7-8,14H2,1-2H3,(H,15,16). The van der Waals surface area contributed by atoms with Gasteiger partial charge in [-0.05, 0) is 36.6 Å². The summed E-state index contributed by atoms with van der Waals surface area (Å²) in [5.74, 6) is 0.568. The van der Waals surface area contributed by atoms with E-state index in [0.717, 1.165) is 16.7 Å². The maximum absolute atomic E-state index is 12.4. The van der Waals surface area contributed by atoms with Crippen molar-refractivity contribution in [2.45, 2.75) is 31.8 Å². The van der Waals surface area contributed by atoms with Crippen LogP contribution in [0.4, 0.5) is 0 Å². The number of H-pyrrole nitrogens is 1. The zero-order chi connectivity index (χ0) is 14.8. The summed E-state index contributed by atoms with van der Waals surface area (Å²) in [7, 11) is -3.59. The van der Waals surface area contributed by atoms with Gasteiger partial charge in [0.25, 0.3) is 0 Å². The van der Waals surface area contributed by atoms with Gasteiger partial charge in [0, 0.05) is 18.9 Å². The van der Waals surface area contributed by atoms with Crippen LogP contribution in [0.5, 0.6) is 0 Å². The molecule has 0 saturated carbocycles. The highest BCUT2D eigenvalue weighted by Gasteiger charge is 2.18. The van der Waals surface area contributed by atoms with E-state index in [0.29, 0.717) is 12.4 Å². The SMILES string of the molecule is Cc1cc(CN)cc(S(=O)(=O)NCc2ncc[nH]2)c1C. The highest BCUT2D eigenvalue weighted by molar-refractivity contribution is 7.89. The molecule has 0 radical (unpaired) electrons. The number of aryl methyl sites for hydroxylation is 1. The quantitative estimate of drug-likeness (QED) is 0.764. The van der Waals surface area contributed by atoms with Gasteiger partial charge < -0.3 is 10.7 Å². The van der Waals surface area contributed by atoms with Gasteiger partial charge in [-0.25, -0.2) is 18.1 Å². The number of nitrogens with one attached hydrogen (secondary N) is 2. The van der Waals surface area contributed by atoms with E-state index < -0.39 is 10.0 Å². The molecule has 2 aromatic rings. The Balaban J connectivity index is 2.31. The summed E-state index contributed by atoms with van der Waals surface area (Å²) in [4.78, 5) is 7.10. The maximum atomic E-state index is 12.4. The van der Waals surface area contributed by atoms with Gasteiger partial charge in [-0.1, -0.05) is 6.07 Å². The van der Waals surface area contributed by atoms with Crippen LogP contribution < -0.4 is 10.5 Å². The van der Waals surface area contributed by atoms with Gasteiger partial charge in [-0.3, -0.25) is 0 Å². The van der Waals surface area contributed by atoms with Crippen LogP contribution in [-0.4, -0.2) is 18.4 Å². The number of aromatic nitrogens is 2. The molecule has 20 heavy (non-hydrogen) atoms. The molecule has 0 fully saturated rings. The van der Waals surface area contributed by atoms with Crippen molar-refractivity contribution in [3.8, 4) is 0 Å². The van der Waals surface area contributed by atoms with Crippen LogP contribution in [0.15, 0.2) is 29.4 Å². The lowest BCUT2D eigenvalue weighted by atomic mass is 10.1. The largest absolute Gasteiger partial charge is 0.347 e. The lowest BCUT2D eigenvalue weighted by molar-refractivity contribution is 0.578. The summed E-state index contributed by atoms with van der Waals surface area (Å²) in [6, 6.07) is 3.52. The third-order valence-corrected chi connectivity index (χ3v) is 4.72. The van der Waals surface area contributed by atoms with E-state index in [1.807, 2.05) is 13.0 Å². The molecule has 1 heterocycles. The van der Waals surface area contributed by atoms with E-state index in [4.69, 9.17) is 5.73 Å².